The van der Waals surface area contributed by atoms with Crippen LogP contribution in [0, 0.1) is 0 Å². The quantitative estimate of drug-likeness (QED) is 0.942. The van der Waals surface area contributed by atoms with Crippen LogP contribution in [0.5, 0.6) is 0 Å². The summed E-state index contributed by atoms with van der Waals surface area (Å²) < 4.78 is 0. The molecule has 1 aromatic heterocycles. The molecule has 2 aromatic rings. The lowest BCUT2D eigenvalue weighted by atomic mass is 10.1. The molecule has 5 nitrogen and oxygen atoms in total. The molecule has 0 saturated carbocycles. The maximum absolute atomic E-state index is 12.3. The van der Waals surface area contributed by atoms with E-state index in [0.717, 1.165) is 31.5 Å². The second kappa shape index (κ2) is 7.05. The van der Waals surface area contributed by atoms with Gasteiger partial charge in [-0.25, -0.2) is 0 Å². The summed E-state index contributed by atoms with van der Waals surface area (Å²) in [6, 6.07) is 10.8. The van der Waals surface area contributed by atoms with Gasteiger partial charge in [-0.15, -0.1) is 0 Å². The van der Waals surface area contributed by atoms with Crippen LogP contribution in [0.3, 0.4) is 0 Å². The number of carbonyl (C=O) groups excluding carboxylic acids is 2. The van der Waals surface area contributed by atoms with E-state index in [1.165, 1.54) is 0 Å². The van der Waals surface area contributed by atoms with Crippen LogP contribution in [0.25, 0.3) is 0 Å². The van der Waals surface area contributed by atoms with Gasteiger partial charge >= 0.3 is 0 Å². The summed E-state index contributed by atoms with van der Waals surface area (Å²) in [4.78, 5) is 30.0. The number of amides is 2. The molecule has 1 aliphatic heterocycles. The molecule has 1 aliphatic rings. The van der Waals surface area contributed by atoms with Gasteiger partial charge in [0.25, 0.3) is 11.8 Å². The van der Waals surface area contributed by atoms with Crippen molar-refractivity contribution in [3.8, 4) is 0 Å². The zero-order valence-corrected chi connectivity index (χ0v) is 12.9. The highest BCUT2D eigenvalue weighted by Crippen LogP contribution is 2.13. The number of hydrogen-bond acceptors (Lipinski definition) is 3. The van der Waals surface area contributed by atoms with Gasteiger partial charge in [0, 0.05) is 43.2 Å². The highest BCUT2D eigenvalue weighted by atomic mass is 16.2. The second-order valence-electron chi connectivity index (χ2n) is 5.61. The SMILES string of the molecule is O=C(NCc1ccc(C(=O)N2CCCC2)cc1)c1ccncc1. The maximum atomic E-state index is 12.3. The molecule has 0 unspecified atom stereocenters. The average molecular weight is 309 g/mol. The van der Waals surface area contributed by atoms with E-state index in [1.54, 1.807) is 24.5 Å². The van der Waals surface area contributed by atoms with E-state index in [0.29, 0.717) is 17.7 Å². The van der Waals surface area contributed by atoms with Crippen LogP contribution in [-0.2, 0) is 6.54 Å². The van der Waals surface area contributed by atoms with Gasteiger partial charge < -0.3 is 10.2 Å². The van der Waals surface area contributed by atoms with Gasteiger partial charge in [-0.1, -0.05) is 12.1 Å². The summed E-state index contributed by atoms with van der Waals surface area (Å²) in [6.45, 7) is 2.13. The number of rotatable bonds is 4. The maximum Gasteiger partial charge on any atom is 0.253 e. The Morgan fingerprint density at radius 3 is 2.26 bits per heavy atom. The van der Waals surface area contributed by atoms with Gasteiger partial charge in [0.15, 0.2) is 0 Å². The molecular weight excluding hydrogens is 290 g/mol. The number of likely N-dealkylation sites (tertiary alicyclic amines) is 1. The van der Waals surface area contributed by atoms with E-state index >= 15 is 0 Å². The summed E-state index contributed by atoms with van der Waals surface area (Å²) in [5.74, 6) is -0.0421. The minimum Gasteiger partial charge on any atom is -0.348 e. The number of carbonyl (C=O) groups is 2. The largest absolute Gasteiger partial charge is 0.348 e. The van der Waals surface area contributed by atoms with Crippen molar-refractivity contribution in [2.24, 2.45) is 0 Å². The van der Waals surface area contributed by atoms with Gasteiger partial charge in [0.2, 0.25) is 0 Å². The van der Waals surface area contributed by atoms with Crippen LogP contribution in [0.4, 0.5) is 0 Å². The van der Waals surface area contributed by atoms with E-state index in [2.05, 4.69) is 10.3 Å². The van der Waals surface area contributed by atoms with Gasteiger partial charge in [-0.05, 0) is 42.7 Å². The van der Waals surface area contributed by atoms with E-state index in [4.69, 9.17) is 0 Å². The smallest absolute Gasteiger partial charge is 0.253 e. The zero-order valence-electron chi connectivity index (χ0n) is 12.9. The number of hydrogen-bond donors (Lipinski definition) is 1. The summed E-state index contributed by atoms with van der Waals surface area (Å²) in [6.07, 6.45) is 5.36. The van der Waals surface area contributed by atoms with Crippen molar-refractivity contribution >= 4 is 11.8 Å². The molecule has 1 saturated heterocycles. The Morgan fingerprint density at radius 1 is 0.957 bits per heavy atom. The third kappa shape index (κ3) is 3.74. The second-order valence-corrected chi connectivity index (χ2v) is 5.61. The Hall–Kier alpha value is -2.69. The molecule has 3 rings (SSSR count). The fraction of sp³-hybridized carbons (Fsp3) is 0.278. The molecule has 0 bridgehead atoms. The molecule has 1 aromatic carbocycles. The number of nitrogens with zero attached hydrogens (tertiary/aromatic N) is 2. The lowest BCUT2D eigenvalue weighted by molar-refractivity contribution is 0.0792. The molecule has 1 N–H and O–H groups in total. The van der Waals surface area contributed by atoms with Crippen molar-refractivity contribution in [1.29, 1.82) is 0 Å². The Morgan fingerprint density at radius 2 is 1.61 bits per heavy atom. The Bertz CT molecular complexity index is 677. The first-order valence-corrected chi connectivity index (χ1v) is 7.80. The van der Waals surface area contributed by atoms with Crippen LogP contribution < -0.4 is 5.32 Å². The van der Waals surface area contributed by atoms with Crippen LogP contribution in [0.2, 0.25) is 0 Å². The topological polar surface area (TPSA) is 62.3 Å². The molecular formula is C18H19N3O2. The van der Waals surface area contributed by atoms with Crippen molar-refractivity contribution in [2.45, 2.75) is 19.4 Å². The molecule has 23 heavy (non-hydrogen) atoms. The fourth-order valence-corrected chi connectivity index (χ4v) is 2.66. The lowest BCUT2D eigenvalue weighted by Crippen LogP contribution is -2.27. The van der Waals surface area contributed by atoms with E-state index < -0.39 is 0 Å². The van der Waals surface area contributed by atoms with Crippen molar-refractivity contribution in [2.75, 3.05) is 13.1 Å². The first kappa shape index (κ1) is 15.2. The number of nitrogens with one attached hydrogen (secondary N) is 1. The van der Waals surface area contributed by atoms with Crippen LogP contribution in [0.15, 0.2) is 48.8 Å². The van der Waals surface area contributed by atoms with E-state index in [-0.39, 0.29) is 11.8 Å². The van der Waals surface area contributed by atoms with Crippen molar-refractivity contribution in [1.82, 2.24) is 15.2 Å². The first-order chi connectivity index (χ1) is 11.2. The molecule has 0 radical (unpaired) electrons. The molecule has 2 heterocycles. The molecule has 118 valence electrons. The highest BCUT2D eigenvalue weighted by molar-refractivity contribution is 5.95. The summed E-state index contributed by atoms with van der Waals surface area (Å²) in [5.41, 5.74) is 2.25. The average Bonchev–Trinajstić information content (AvgIpc) is 3.15. The van der Waals surface area contributed by atoms with Crippen LogP contribution >= 0.6 is 0 Å². The number of aromatic nitrogens is 1. The Labute approximate surface area is 135 Å². The first-order valence-electron chi connectivity index (χ1n) is 7.80. The van der Waals surface area contributed by atoms with Gasteiger partial charge in [-0.3, -0.25) is 14.6 Å². The number of pyridine rings is 1. The highest BCUT2D eigenvalue weighted by Gasteiger charge is 2.19. The van der Waals surface area contributed by atoms with E-state index in [9.17, 15) is 9.59 Å². The molecule has 0 atom stereocenters. The third-order valence-corrected chi connectivity index (χ3v) is 3.99. The Balaban J connectivity index is 1.57. The van der Waals surface area contributed by atoms with Crippen LogP contribution in [0.1, 0.15) is 39.1 Å². The summed E-state index contributed by atoms with van der Waals surface area (Å²) in [5, 5.41) is 2.86. The van der Waals surface area contributed by atoms with Crippen molar-refractivity contribution in [3.63, 3.8) is 0 Å². The number of benzene rings is 1. The normalized spacial score (nSPS) is 13.8. The zero-order chi connectivity index (χ0) is 16.1. The lowest BCUT2D eigenvalue weighted by Gasteiger charge is -2.15. The van der Waals surface area contributed by atoms with Crippen molar-refractivity contribution < 1.29 is 9.59 Å². The minimum atomic E-state index is -0.135. The van der Waals surface area contributed by atoms with Gasteiger partial charge in [0.1, 0.15) is 0 Å². The molecule has 0 spiro atoms. The summed E-state index contributed by atoms with van der Waals surface area (Å²) in [7, 11) is 0. The van der Waals surface area contributed by atoms with Gasteiger partial charge in [-0.2, -0.15) is 0 Å². The third-order valence-electron chi connectivity index (χ3n) is 3.99. The molecule has 2 amide bonds. The summed E-state index contributed by atoms with van der Waals surface area (Å²) >= 11 is 0. The standard InChI is InChI=1S/C18H19N3O2/c22-17(15-7-9-19-10-8-15)20-13-14-3-5-16(6-4-14)18(23)21-11-1-2-12-21/h3-10H,1-2,11-13H2,(H,20,22). The molecule has 1 fully saturated rings. The van der Waals surface area contributed by atoms with Crippen LogP contribution in [-0.4, -0.2) is 34.8 Å². The fourth-order valence-electron chi connectivity index (χ4n) is 2.66. The predicted octanol–water partition coefficient (Wildman–Crippen LogP) is 2.25. The van der Waals surface area contributed by atoms with E-state index in [1.807, 2.05) is 29.2 Å². The van der Waals surface area contributed by atoms with Crippen molar-refractivity contribution in [3.05, 3.63) is 65.5 Å². The molecule has 5 heteroatoms. The monoisotopic (exact) mass is 309 g/mol. The minimum absolute atomic E-state index is 0.0925. The predicted molar refractivity (Wildman–Crippen MR) is 87.0 cm³/mol. The van der Waals surface area contributed by atoms with Gasteiger partial charge in [0.05, 0.1) is 0 Å². The molecule has 0 aliphatic carbocycles. The Kier molecular flexibility index (Phi) is 4.66.